The largest absolute Gasteiger partial charge is 0.459 e. The zero-order chi connectivity index (χ0) is 32.4. The molecule has 10 heteroatoms. The Kier molecular flexibility index (Phi) is 12.5. The number of aliphatic hydroxyl groups is 1. The van der Waals surface area contributed by atoms with Gasteiger partial charge in [-0.2, -0.15) is 0 Å². The van der Waals surface area contributed by atoms with Gasteiger partial charge in [-0.1, -0.05) is 42.8 Å². The summed E-state index contributed by atoms with van der Waals surface area (Å²) >= 11 is 0. The standard InChI is InChI=1S/C35H49N3O7/c1-24(40)36-18-7-5-6-13-32(41)37-28-11-8-10-27(20-28)34-43-29(21-31(44-34)26-16-14-25(23-39)15-17-26)22-38-19-9-12-30(38)33(42)45-35(2,3)4/h8,10-11,14-17,20,29-31,34,39H,5-7,9,12-13,18-19,21-23H2,1-4H3,(H,36,40)(H,37,41). The molecule has 2 fully saturated rings. The molecule has 246 valence electrons. The van der Waals surface area contributed by atoms with Crippen molar-refractivity contribution in [1.82, 2.24) is 10.2 Å². The van der Waals surface area contributed by atoms with Gasteiger partial charge >= 0.3 is 5.97 Å². The van der Waals surface area contributed by atoms with Gasteiger partial charge in [-0.3, -0.25) is 19.3 Å². The lowest BCUT2D eigenvalue weighted by atomic mass is 9.99. The first-order chi connectivity index (χ1) is 21.5. The van der Waals surface area contributed by atoms with E-state index in [2.05, 4.69) is 15.5 Å². The maximum absolute atomic E-state index is 13.0. The number of ether oxygens (including phenoxy) is 3. The van der Waals surface area contributed by atoms with Crippen molar-refractivity contribution in [2.75, 3.05) is 25.0 Å². The van der Waals surface area contributed by atoms with E-state index >= 15 is 0 Å². The molecule has 0 saturated carbocycles. The van der Waals surface area contributed by atoms with E-state index in [1.807, 2.05) is 69.3 Å². The molecule has 3 N–H and O–H groups in total. The fourth-order valence-electron chi connectivity index (χ4n) is 5.81. The fraction of sp³-hybridized carbons (Fsp3) is 0.571. The third-order valence-corrected chi connectivity index (χ3v) is 7.99. The molecule has 2 aromatic carbocycles. The molecule has 2 heterocycles. The summed E-state index contributed by atoms with van der Waals surface area (Å²) < 4.78 is 18.8. The quantitative estimate of drug-likeness (QED) is 0.206. The lowest BCUT2D eigenvalue weighted by molar-refractivity contribution is -0.253. The summed E-state index contributed by atoms with van der Waals surface area (Å²) in [7, 11) is 0. The summed E-state index contributed by atoms with van der Waals surface area (Å²) in [6.07, 6.45) is 3.92. The lowest BCUT2D eigenvalue weighted by Gasteiger charge is -2.38. The molecule has 0 aliphatic carbocycles. The second-order valence-electron chi connectivity index (χ2n) is 13.0. The zero-order valence-electron chi connectivity index (χ0n) is 27.1. The third kappa shape index (κ3) is 10.9. The second-order valence-corrected chi connectivity index (χ2v) is 13.0. The van der Waals surface area contributed by atoms with Crippen LogP contribution in [0.4, 0.5) is 5.69 Å². The molecular formula is C35H49N3O7. The van der Waals surface area contributed by atoms with Gasteiger partial charge in [0.05, 0.1) is 18.8 Å². The number of nitrogens with one attached hydrogen (secondary N) is 2. The van der Waals surface area contributed by atoms with E-state index < -0.39 is 11.9 Å². The molecular weight excluding hydrogens is 574 g/mol. The number of carbonyl (C=O) groups excluding carboxylic acids is 3. The number of nitrogens with zero attached hydrogens (tertiary/aromatic N) is 1. The molecule has 2 aliphatic heterocycles. The Morgan fingerprint density at radius 3 is 2.51 bits per heavy atom. The average Bonchev–Trinajstić information content (AvgIpc) is 3.46. The number of hydrogen-bond donors (Lipinski definition) is 3. The second kappa shape index (κ2) is 16.3. The SMILES string of the molecule is CC(=O)NCCCCCC(=O)Nc1cccc(C2OC(CN3CCCC3C(=O)OC(C)(C)C)CC(c3ccc(CO)cc3)O2)c1. The number of benzene rings is 2. The predicted molar refractivity (Wildman–Crippen MR) is 171 cm³/mol. The van der Waals surface area contributed by atoms with Crippen molar-refractivity contribution in [3.8, 4) is 0 Å². The maximum Gasteiger partial charge on any atom is 0.323 e. The van der Waals surface area contributed by atoms with Gasteiger partial charge in [-0.05, 0) is 76.3 Å². The highest BCUT2D eigenvalue weighted by Crippen LogP contribution is 2.39. The van der Waals surface area contributed by atoms with Crippen LogP contribution in [-0.4, -0.2) is 65.2 Å². The molecule has 0 spiro atoms. The molecule has 4 rings (SSSR count). The third-order valence-electron chi connectivity index (χ3n) is 7.99. The highest BCUT2D eigenvalue weighted by atomic mass is 16.7. The number of rotatable bonds is 13. The first-order valence-corrected chi connectivity index (χ1v) is 16.1. The summed E-state index contributed by atoms with van der Waals surface area (Å²) in [4.78, 5) is 38.8. The molecule has 2 saturated heterocycles. The van der Waals surface area contributed by atoms with Gasteiger partial charge in [0.15, 0.2) is 6.29 Å². The molecule has 4 unspecified atom stereocenters. The first-order valence-electron chi connectivity index (χ1n) is 16.1. The molecule has 2 aromatic rings. The smallest absolute Gasteiger partial charge is 0.323 e. The van der Waals surface area contributed by atoms with Gasteiger partial charge in [0.25, 0.3) is 0 Å². The number of likely N-dealkylation sites (tertiary alicyclic amines) is 1. The van der Waals surface area contributed by atoms with Crippen LogP contribution in [0.25, 0.3) is 0 Å². The van der Waals surface area contributed by atoms with Crippen LogP contribution in [0.3, 0.4) is 0 Å². The summed E-state index contributed by atoms with van der Waals surface area (Å²) in [5.41, 5.74) is 2.71. The Morgan fingerprint density at radius 2 is 1.80 bits per heavy atom. The van der Waals surface area contributed by atoms with E-state index in [4.69, 9.17) is 14.2 Å². The van der Waals surface area contributed by atoms with Crippen LogP contribution in [0.1, 0.15) is 102 Å². The lowest BCUT2D eigenvalue weighted by Crippen LogP contribution is -2.45. The highest BCUT2D eigenvalue weighted by Gasteiger charge is 2.39. The molecule has 45 heavy (non-hydrogen) atoms. The molecule has 10 nitrogen and oxygen atoms in total. The van der Waals surface area contributed by atoms with Gasteiger partial charge < -0.3 is 30.0 Å². The molecule has 4 atom stereocenters. The minimum absolute atomic E-state index is 0.0310. The van der Waals surface area contributed by atoms with E-state index in [0.29, 0.717) is 31.6 Å². The van der Waals surface area contributed by atoms with Crippen molar-refractivity contribution in [2.24, 2.45) is 0 Å². The molecule has 0 aromatic heterocycles. The van der Waals surface area contributed by atoms with Gasteiger partial charge in [0, 0.05) is 44.1 Å². The number of esters is 1. The summed E-state index contributed by atoms with van der Waals surface area (Å²) in [6.45, 7) is 9.09. The number of amides is 2. The summed E-state index contributed by atoms with van der Waals surface area (Å²) in [6, 6.07) is 15.0. The Bertz CT molecular complexity index is 1280. The van der Waals surface area contributed by atoms with Crippen molar-refractivity contribution in [3.05, 3.63) is 65.2 Å². The normalized spacial score (nSPS) is 22.2. The summed E-state index contributed by atoms with van der Waals surface area (Å²) in [5, 5.41) is 15.3. The van der Waals surface area contributed by atoms with Gasteiger partial charge in [0.2, 0.25) is 11.8 Å². The van der Waals surface area contributed by atoms with E-state index in [9.17, 15) is 19.5 Å². The van der Waals surface area contributed by atoms with Crippen molar-refractivity contribution in [1.29, 1.82) is 0 Å². The zero-order valence-corrected chi connectivity index (χ0v) is 27.1. The number of aliphatic hydroxyl groups excluding tert-OH is 1. The van der Waals surface area contributed by atoms with E-state index in [0.717, 1.165) is 55.3 Å². The van der Waals surface area contributed by atoms with Crippen molar-refractivity contribution in [2.45, 2.75) is 109 Å². The minimum Gasteiger partial charge on any atom is -0.459 e. The van der Waals surface area contributed by atoms with Gasteiger partial charge in [-0.25, -0.2) is 0 Å². The van der Waals surface area contributed by atoms with Crippen LogP contribution in [0.5, 0.6) is 0 Å². The van der Waals surface area contributed by atoms with Crippen LogP contribution in [0, 0.1) is 0 Å². The Morgan fingerprint density at radius 1 is 1.02 bits per heavy atom. The van der Waals surface area contributed by atoms with Crippen molar-refractivity contribution < 1.29 is 33.7 Å². The molecule has 0 bridgehead atoms. The van der Waals surface area contributed by atoms with E-state index in [-0.39, 0.29) is 42.6 Å². The van der Waals surface area contributed by atoms with Gasteiger partial charge in [-0.15, -0.1) is 0 Å². The Hall–Kier alpha value is -3.31. The van der Waals surface area contributed by atoms with Crippen LogP contribution in [0.15, 0.2) is 48.5 Å². The molecule has 2 amide bonds. The monoisotopic (exact) mass is 623 g/mol. The Balaban J connectivity index is 1.44. The molecule has 2 aliphatic rings. The van der Waals surface area contributed by atoms with Gasteiger partial charge in [0.1, 0.15) is 11.6 Å². The van der Waals surface area contributed by atoms with Crippen LogP contribution in [0.2, 0.25) is 0 Å². The molecule has 0 radical (unpaired) electrons. The van der Waals surface area contributed by atoms with Crippen molar-refractivity contribution in [3.63, 3.8) is 0 Å². The minimum atomic E-state index is -0.681. The van der Waals surface area contributed by atoms with Crippen LogP contribution >= 0.6 is 0 Å². The number of unbranched alkanes of at least 4 members (excludes halogenated alkanes) is 2. The fourth-order valence-corrected chi connectivity index (χ4v) is 5.81. The van der Waals surface area contributed by atoms with E-state index in [1.54, 1.807) is 0 Å². The number of hydrogen-bond acceptors (Lipinski definition) is 8. The first kappa shape index (κ1) is 34.6. The summed E-state index contributed by atoms with van der Waals surface area (Å²) in [5.74, 6) is -0.313. The van der Waals surface area contributed by atoms with Crippen LogP contribution in [-0.2, 0) is 35.2 Å². The maximum atomic E-state index is 13.0. The number of carbonyl (C=O) groups is 3. The Labute approximate surface area is 266 Å². The topological polar surface area (TPSA) is 126 Å². The highest BCUT2D eigenvalue weighted by molar-refractivity contribution is 5.90. The number of anilines is 1. The van der Waals surface area contributed by atoms with E-state index in [1.165, 1.54) is 6.92 Å². The van der Waals surface area contributed by atoms with Crippen LogP contribution < -0.4 is 10.6 Å². The van der Waals surface area contributed by atoms with Crippen molar-refractivity contribution >= 4 is 23.5 Å². The average molecular weight is 624 g/mol. The predicted octanol–water partition coefficient (Wildman–Crippen LogP) is 5.17.